The van der Waals surface area contributed by atoms with Crippen LogP contribution in [0.4, 0.5) is 10.9 Å². The van der Waals surface area contributed by atoms with Crippen molar-refractivity contribution in [2.75, 3.05) is 44.8 Å². The summed E-state index contributed by atoms with van der Waals surface area (Å²) in [5, 5.41) is 7.27. The van der Waals surface area contributed by atoms with Gasteiger partial charge in [-0.25, -0.2) is 9.97 Å². The summed E-state index contributed by atoms with van der Waals surface area (Å²) in [7, 11) is 0. The van der Waals surface area contributed by atoms with E-state index < -0.39 is 0 Å². The molecular weight excluding hydrogens is 464 g/mol. The molecule has 3 heterocycles. The van der Waals surface area contributed by atoms with Crippen LogP contribution in [0.15, 0.2) is 34.6 Å². The summed E-state index contributed by atoms with van der Waals surface area (Å²) in [5.41, 5.74) is 1.65. The van der Waals surface area contributed by atoms with E-state index in [1.165, 1.54) is 17.5 Å². The fourth-order valence-electron chi connectivity index (χ4n) is 3.53. The molecule has 0 aromatic carbocycles. The zero-order valence-electron chi connectivity index (χ0n) is 18.7. The molecule has 176 valence electrons. The highest BCUT2D eigenvalue weighted by molar-refractivity contribution is 7.17. The van der Waals surface area contributed by atoms with E-state index in [9.17, 15) is 4.79 Å². The number of ether oxygens (including phenoxy) is 2. The molecule has 1 saturated heterocycles. The van der Waals surface area contributed by atoms with Crippen molar-refractivity contribution in [3.05, 3.63) is 45.3 Å². The number of thiazole rings is 1. The first-order valence-electron chi connectivity index (χ1n) is 10.9. The molecule has 11 heteroatoms. The van der Waals surface area contributed by atoms with Crippen molar-refractivity contribution in [3.8, 4) is 5.88 Å². The third-order valence-electron chi connectivity index (χ3n) is 5.26. The van der Waals surface area contributed by atoms with E-state index >= 15 is 0 Å². The van der Waals surface area contributed by atoms with Crippen molar-refractivity contribution in [1.82, 2.24) is 25.2 Å². The van der Waals surface area contributed by atoms with E-state index in [0.29, 0.717) is 44.9 Å². The minimum Gasteiger partial charge on any atom is -0.476 e. The van der Waals surface area contributed by atoms with Gasteiger partial charge in [0.2, 0.25) is 5.88 Å². The number of carbonyl (C=O) groups excluding carboxylic acids is 1. The third kappa shape index (κ3) is 6.50. The average Bonchev–Trinajstić information content (AvgIpc) is 3.25. The van der Waals surface area contributed by atoms with Crippen LogP contribution in [0.5, 0.6) is 5.88 Å². The molecule has 0 radical (unpaired) electrons. The van der Waals surface area contributed by atoms with Gasteiger partial charge in [0, 0.05) is 30.7 Å². The van der Waals surface area contributed by atoms with Crippen molar-refractivity contribution < 1.29 is 14.3 Å². The minimum absolute atomic E-state index is 0.241. The number of anilines is 2. The van der Waals surface area contributed by atoms with E-state index in [1.807, 2.05) is 6.92 Å². The van der Waals surface area contributed by atoms with Gasteiger partial charge in [0.25, 0.3) is 5.91 Å². The van der Waals surface area contributed by atoms with Crippen LogP contribution in [0.25, 0.3) is 0 Å². The number of morpholine rings is 1. The van der Waals surface area contributed by atoms with Crippen LogP contribution in [-0.2, 0) is 4.74 Å². The Labute approximate surface area is 201 Å². The number of hydrogen-bond acceptors (Lipinski definition) is 9. The number of allylic oxidation sites excluding steroid dienone is 3. The number of nitrogens with one attached hydrogen (secondary N) is 2. The van der Waals surface area contributed by atoms with Gasteiger partial charge in [-0.3, -0.25) is 9.69 Å². The maximum atomic E-state index is 12.7. The molecule has 4 rings (SSSR count). The molecule has 2 aliphatic rings. The van der Waals surface area contributed by atoms with Gasteiger partial charge in [-0.2, -0.15) is 4.98 Å². The second-order valence-corrected chi connectivity index (χ2v) is 9.24. The number of nitrogens with zero attached hydrogens (tertiary/aromatic N) is 4. The molecule has 9 nitrogen and oxygen atoms in total. The Morgan fingerprint density at radius 3 is 2.91 bits per heavy atom. The van der Waals surface area contributed by atoms with E-state index in [4.69, 9.17) is 21.1 Å². The van der Waals surface area contributed by atoms with Gasteiger partial charge in [-0.1, -0.05) is 29.0 Å². The highest BCUT2D eigenvalue weighted by Crippen LogP contribution is 2.27. The molecule has 2 aromatic heterocycles. The van der Waals surface area contributed by atoms with E-state index in [1.54, 1.807) is 13.0 Å². The molecule has 0 atom stereocenters. The monoisotopic (exact) mass is 490 g/mol. The normalized spacial score (nSPS) is 17.0. The van der Waals surface area contributed by atoms with E-state index in [0.717, 1.165) is 51.3 Å². The second kappa shape index (κ2) is 11.1. The lowest BCUT2D eigenvalue weighted by atomic mass is 10.0. The predicted octanol–water partition coefficient (Wildman–Crippen LogP) is 3.62. The molecule has 1 amide bonds. The van der Waals surface area contributed by atoms with E-state index in [-0.39, 0.29) is 5.91 Å². The Morgan fingerprint density at radius 2 is 2.12 bits per heavy atom. The summed E-state index contributed by atoms with van der Waals surface area (Å²) in [5.74, 6) is 1.39. The fraction of sp³-hybridized carbons (Fsp3) is 0.455. The second-order valence-electron chi connectivity index (χ2n) is 7.76. The van der Waals surface area contributed by atoms with Crippen molar-refractivity contribution in [2.24, 2.45) is 0 Å². The van der Waals surface area contributed by atoms with Crippen LogP contribution in [-0.4, -0.2) is 65.2 Å². The summed E-state index contributed by atoms with van der Waals surface area (Å²) in [6, 6.07) is 1.73. The molecule has 0 bridgehead atoms. The Balaban J connectivity index is 1.35. The molecule has 33 heavy (non-hydrogen) atoms. The lowest BCUT2D eigenvalue weighted by Gasteiger charge is -2.26. The molecule has 1 fully saturated rings. The van der Waals surface area contributed by atoms with Gasteiger partial charge < -0.3 is 20.1 Å². The van der Waals surface area contributed by atoms with Crippen LogP contribution in [0, 0.1) is 6.92 Å². The van der Waals surface area contributed by atoms with Crippen LogP contribution in [0.2, 0.25) is 0 Å². The first-order chi connectivity index (χ1) is 16.0. The first-order valence-corrected chi connectivity index (χ1v) is 12.1. The number of hydrogen-bond donors (Lipinski definition) is 2. The largest absolute Gasteiger partial charge is 0.476 e. The average molecular weight is 491 g/mol. The van der Waals surface area contributed by atoms with Crippen LogP contribution in [0.1, 0.15) is 35.3 Å². The van der Waals surface area contributed by atoms with Crippen molar-refractivity contribution in [3.63, 3.8) is 0 Å². The molecule has 1 aliphatic carbocycles. The van der Waals surface area contributed by atoms with Gasteiger partial charge >= 0.3 is 0 Å². The van der Waals surface area contributed by atoms with Crippen LogP contribution in [0.3, 0.4) is 0 Å². The Bertz CT molecular complexity index is 1060. The predicted molar refractivity (Wildman–Crippen MR) is 128 cm³/mol. The maximum Gasteiger partial charge on any atom is 0.267 e. The molecule has 2 N–H and O–H groups in total. The zero-order valence-corrected chi connectivity index (χ0v) is 20.3. The summed E-state index contributed by atoms with van der Waals surface area (Å²) in [6.07, 6.45) is 5.22. The van der Waals surface area contributed by atoms with Crippen molar-refractivity contribution in [2.45, 2.75) is 26.7 Å². The molecule has 0 spiro atoms. The Morgan fingerprint density at radius 1 is 1.30 bits per heavy atom. The van der Waals surface area contributed by atoms with Crippen molar-refractivity contribution >= 4 is 39.8 Å². The molecule has 0 unspecified atom stereocenters. The Hall–Kier alpha value is -2.53. The number of rotatable bonds is 8. The lowest BCUT2D eigenvalue weighted by molar-refractivity contribution is 0.0320. The number of amides is 1. The molecular formula is C22H27ClN6O3S. The van der Waals surface area contributed by atoms with Gasteiger partial charge in [0.05, 0.1) is 25.1 Å². The SMILES string of the molecule is CC1=CCCC(Cl)=C1NC(=O)c1cnc(Nc2cc(OCCN3CCOCC3)nc(C)n2)s1. The summed E-state index contributed by atoms with van der Waals surface area (Å²) in [4.78, 5) is 28.5. The molecule has 1 aliphatic heterocycles. The van der Waals surface area contributed by atoms with E-state index in [2.05, 4.69) is 36.6 Å². The smallest absolute Gasteiger partial charge is 0.267 e. The van der Waals surface area contributed by atoms with Gasteiger partial charge in [0.1, 0.15) is 23.1 Å². The lowest BCUT2D eigenvalue weighted by Crippen LogP contribution is -2.38. The van der Waals surface area contributed by atoms with Gasteiger partial charge in [-0.05, 0) is 32.3 Å². The minimum atomic E-state index is -0.241. The number of aryl methyl sites for hydroxylation is 1. The number of carbonyl (C=O) groups is 1. The van der Waals surface area contributed by atoms with Gasteiger partial charge in [0.15, 0.2) is 5.13 Å². The Kier molecular flexibility index (Phi) is 7.92. The standard InChI is InChI=1S/C22H27ClN6O3S/c1-14-4-3-5-16(23)20(14)28-21(30)17-13-24-22(33-17)27-18-12-19(26-15(2)25-18)32-11-8-29-6-9-31-10-7-29/h4,12-13H,3,5-11H2,1-2H3,(H,28,30)(H,24,25,26,27). The summed E-state index contributed by atoms with van der Waals surface area (Å²) < 4.78 is 11.2. The first kappa shape index (κ1) is 23.6. The number of aromatic nitrogens is 3. The van der Waals surface area contributed by atoms with Crippen LogP contribution >= 0.6 is 22.9 Å². The highest BCUT2D eigenvalue weighted by Gasteiger charge is 2.18. The third-order valence-corrected chi connectivity index (χ3v) is 6.55. The topological polar surface area (TPSA) is 102 Å². The summed E-state index contributed by atoms with van der Waals surface area (Å²) in [6.45, 7) is 8.44. The summed E-state index contributed by atoms with van der Waals surface area (Å²) >= 11 is 7.53. The van der Waals surface area contributed by atoms with Gasteiger partial charge in [-0.15, -0.1) is 0 Å². The fourth-order valence-corrected chi connectivity index (χ4v) is 4.55. The number of halogens is 1. The molecule has 2 aromatic rings. The zero-order chi connectivity index (χ0) is 23.2. The maximum absolute atomic E-state index is 12.7. The molecule has 0 saturated carbocycles. The highest BCUT2D eigenvalue weighted by atomic mass is 35.5. The van der Waals surface area contributed by atoms with Crippen LogP contribution < -0.4 is 15.4 Å². The van der Waals surface area contributed by atoms with Crippen molar-refractivity contribution in [1.29, 1.82) is 0 Å². The quantitative estimate of drug-likeness (QED) is 0.578.